The van der Waals surface area contributed by atoms with Crippen LogP contribution in [-0.4, -0.2) is 27.1 Å². The highest BCUT2D eigenvalue weighted by Gasteiger charge is 2.12. The van der Waals surface area contributed by atoms with E-state index in [2.05, 4.69) is 0 Å². The molecule has 0 fully saturated rings. The van der Waals surface area contributed by atoms with Crippen molar-refractivity contribution in [3.63, 3.8) is 0 Å². The monoisotopic (exact) mass is 226 g/mol. The Kier molecular flexibility index (Phi) is 5.01. The second kappa shape index (κ2) is 6.05. The summed E-state index contributed by atoms with van der Waals surface area (Å²) in [6, 6.07) is 6.62. The predicted octanol–water partition coefficient (Wildman–Crippen LogP) is 0.274. The van der Waals surface area contributed by atoms with Crippen molar-refractivity contribution < 1.29 is 14.3 Å². The zero-order chi connectivity index (χ0) is 11.3. The maximum absolute atomic E-state index is 11.7. The molecule has 0 amide bonds. The van der Waals surface area contributed by atoms with Gasteiger partial charge in [-0.15, -0.1) is 0 Å². The zero-order valence-corrected chi connectivity index (χ0v) is 9.54. The zero-order valence-electron chi connectivity index (χ0n) is 8.72. The van der Waals surface area contributed by atoms with Gasteiger partial charge >= 0.3 is 7.12 Å². The normalized spacial score (nSPS) is 12.5. The van der Waals surface area contributed by atoms with Crippen molar-refractivity contribution in [2.45, 2.75) is 24.7 Å². The third-order valence-corrected chi connectivity index (χ3v) is 3.54. The van der Waals surface area contributed by atoms with Gasteiger partial charge in [-0.1, -0.05) is 25.5 Å². The fraction of sp³-hybridized carbons (Fsp3) is 0.400. The van der Waals surface area contributed by atoms with Crippen LogP contribution in [0.4, 0.5) is 0 Å². The van der Waals surface area contributed by atoms with Crippen LogP contribution in [0.3, 0.4) is 0 Å². The molecule has 0 unspecified atom stereocenters. The summed E-state index contributed by atoms with van der Waals surface area (Å²) in [5.74, 6) is 0.626. The van der Waals surface area contributed by atoms with Gasteiger partial charge < -0.3 is 10.0 Å². The van der Waals surface area contributed by atoms with Gasteiger partial charge in [-0.2, -0.15) is 0 Å². The Bertz CT molecular complexity index is 341. The minimum atomic E-state index is -1.49. The quantitative estimate of drug-likeness (QED) is 0.708. The molecule has 0 saturated heterocycles. The molecule has 0 heterocycles. The lowest BCUT2D eigenvalue weighted by atomic mass is 9.80. The first-order valence-corrected chi connectivity index (χ1v) is 6.31. The highest BCUT2D eigenvalue weighted by atomic mass is 32.2. The Morgan fingerprint density at radius 1 is 1.40 bits per heavy atom. The van der Waals surface area contributed by atoms with Crippen LogP contribution in [0, 0.1) is 0 Å². The molecule has 0 radical (unpaired) electrons. The fourth-order valence-corrected chi connectivity index (χ4v) is 2.49. The first-order valence-electron chi connectivity index (χ1n) is 4.99. The number of hydrogen-bond acceptors (Lipinski definition) is 3. The molecular weight excluding hydrogens is 211 g/mol. The molecule has 1 atom stereocenters. The van der Waals surface area contributed by atoms with Crippen molar-refractivity contribution in [1.82, 2.24) is 0 Å². The number of hydrogen-bond donors (Lipinski definition) is 2. The molecule has 82 valence electrons. The molecule has 0 bridgehead atoms. The molecule has 5 heteroatoms. The molecule has 0 saturated carbocycles. The van der Waals surface area contributed by atoms with Gasteiger partial charge in [0, 0.05) is 10.6 Å². The van der Waals surface area contributed by atoms with Gasteiger partial charge in [-0.3, -0.25) is 4.21 Å². The molecular formula is C10H15BO3S. The Hall–Kier alpha value is -0.645. The van der Waals surface area contributed by atoms with Crippen molar-refractivity contribution in [2.75, 3.05) is 5.75 Å². The van der Waals surface area contributed by atoms with Crippen LogP contribution in [0.5, 0.6) is 0 Å². The lowest BCUT2D eigenvalue weighted by Gasteiger charge is -2.04. The van der Waals surface area contributed by atoms with Gasteiger partial charge in [-0.25, -0.2) is 0 Å². The van der Waals surface area contributed by atoms with Crippen molar-refractivity contribution in [3.8, 4) is 0 Å². The Labute approximate surface area is 92.7 Å². The largest absolute Gasteiger partial charge is 0.488 e. The van der Waals surface area contributed by atoms with E-state index < -0.39 is 17.9 Å². The summed E-state index contributed by atoms with van der Waals surface area (Å²) < 4.78 is 11.7. The molecule has 0 aliphatic carbocycles. The third kappa shape index (κ3) is 3.78. The van der Waals surface area contributed by atoms with E-state index in [9.17, 15) is 4.21 Å². The van der Waals surface area contributed by atoms with E-state index in [-0.39, 0.29) is 0 Å². The highest BCUT2D eigenvalue weighted by molar-refractivity contribution is 7.85. The number of rotatable bonds is 5. The van der Waals surface area contributed by atoms with Crippen LogP contribution in [0.2, 0.25) is 0 Å². The molecule has 0 aliphatic heterocycles. The van der Waals surface area contributed by atoms with Crippen molar-refractivity contribution in [2.24, 2.45) is 0 Å². The summed E-state index contributed by atoms with van der Waals surface area (Å²) in [4.78, 5) is 0.661. The Morgan fingerprint density at radius 3 is 2.73 bits per heavy atom. The van der Waals surface area contributed by atoms with E-state index in [1.165, 1.54) is 0 Å². The number of unbranched alkanes of at least 4 members (excludes halogenated alkanes) is 1. The maximum Gasteiger partial charge on any atom is 0.488 e. The van der Waals surface area contributed by atoms with Gasteiger partial charge in [0.1, 0.15) is 0 Å². The summed E-state index contributed by atoms with van der Waals surface area (Å²) in [5.41, 5.74) is 0.386. The van der Waals surface area contributed by atoms with Crippen LogP contribution in [-0.2, 0) is 10.8 Å². The van der Waals surface area contributed by atoms with Gasteiger partial charge in [-0.05, 0) is 24.0 Å². The average molecular weight is 226 g/mol. The predicted molar refractivity (Wildman–Crippen MR) is 62.5 cm³/mol. The summed E-state index contributed by atoms with van der Waals surface area (Å²) in [6.45, 7) is 2.05. The van der Waals surface area contributed by atoms with Crippen LogP contribution in [0.15, 0.2) is 29.2 Å². The molecule has 0 aromatic heterocycles. The van der Waals surface area contributed by atoms with Gasteiger partial charge in [0.05, 0.1) is 10.8 Å². The van der Waals surface area contributed by atoms with E-state index in [0.29, 0.717) is 16.1 Å². The number of benzene rings is 1. The SMILES string of the molecule is CCCC[S@@](=O)c1cccc(B(O)O)c1. The summed E-state index contributed by atoms with van der Waals surface area (Å²) in [6.07, 6.45) is 1.92. The second-order valence-electron chi connectivity index (χ2n) is 3.35. The smallest absolute Gasteiger partial charge is 0.423 e. The minimum Gasteiger partial charge on any atom is -0.423 e. The third-order valence-electron chi connectivity index (χ3n) is 2.10. The summed E-state index contributed by atoms with van der Waals surface area (Å²) in [7, 11) is -2.52. The van der Waals surface area contributed by atoms with Crippen LogP contribution < -0.4 is 5.46 Å². The van der Waals surface area contributed by atoms with E-state index in [4.69, 9.17) is 10.0 Å². The molecule has 0 aliphatic rings. The fourth-order valence-electron chi connectivity index (χ4n) is 1.21. The highest BCUT2D eigenvalue weighted by Crippen LogP contribution is 2.06. The maximum atomic E-state index is 11.7. The standard InChI is InChI=1S/C10H15BO3S/c1-2-3-7-15(14)10-6-4-5-9(8-10)11(12)13/h4-6,8,12-13H,2-3,7H2,1H3/t15-/m1/s1. The van der Waals surface area contributed by atoms with Crippen LogP contribution in [0.1, 0.15) is 19.8 Å². The second-order valence-corrected chi connectivity index (χ2v) is 4.92. The Morgan fingerprint density at radius 2 is 2.13 bits per heavy atom. The lowest BCUT2D eigenvalue weighted by molar-refractivity contribution is 0.425. The average Bonchev–Trinajstić information content (AvgIpc) is 2.26. The van der Waals surface area contributed by atoms with E-state index >= 15 is 0 Å². The van der Waals surface area contributed by atoms with Gasteiger partial charge in [0.25, 0.3) is 0 Å². The molecule has 1 rings (SSSR count). The summed E-state index contributed by atoms with van der Waals surface area (Å²) in [5, 5.41) is 17.9. The minimum absolute atomic E-state index is 0.386. The van der Waals surface area contributed by atoms with E-state index in [1.54, 1.807) is 24.3 Å². The molecule has 0 spiro atoms. The lowest BCUT2D eigenvalue weighted by Crippen LogP contribution is -2.29. The molecule has 3 nitrogen and oxygen atoms in total. The molecule has 15 heavy (non-hydrogen) atoms. The van der Waals surface area contributed by atoms with Crippen LogP contribution in [0.25, 0.3) is 0 Å². The van der Waals surface area contributed by atoms with Crippen LogP contribution >= 0.6 is 0 Å². The van der Waals surface area contributed by atoms with Crippen molar-refractivity contribution in [1.29, 1.82) is 0 Å². The molecule has 2 N–H and O–H groups in total. The topological polar surface area (TPSA) is 57.5 Å². The van der Waals surface area contributed by atoms with E-state index in [0.717, 1.165) is 12.8 Å². The Balaban J connectivity index is 2.76. The molecule has 1 aromatic rings. The van der Waals surface area contributed by atoms with Gasteiger partial charge in [0.15, 0.2) is 0 Å². The first-order chi connectivity index (χ1) is 7.15. The van der Waals surface area contributed by atoms with Crippen molar-refractivity contribution >= 4 is 23.4 Å². The molecule has 1 aromatic carbocycles. The van der Waals surface area contributed by atoms with E-state index in [1.807, 2.05) is 6.92 Å². The first kappa shape index (κ1) is 12.4. The summed E-state index contributed by atoms with van der Waals surface area (Å²) >= 11 is 0. The van der Waals surface area contributed by atoms with Crippen molar-refractivity contribution in [3.05, 3.63) is 24.3 Å². The van der Waals surface area contributed by atoms with Gasteiger partial charge in [0.2, 0.25) is 0 Å².